The summed E-state index contributed by atoms with van der Waals surface area (Å²) in [5.41, 5.74) is 0. The molecule has 1 heterocycles. The Balaban J connectivity index is 2.06. The molecule has 0 radical (unpaired) electrons. The van der Waals surface area contributed by atoms with Crippen molar-refractivity contribution in [3.05, 3.63) is 0 Å². The van der Waals surface area contributed by atoms with Gasteiger partial charge in [0.2, 0.25) is 0 Å². The first kappa shape index (κ1) is 17.9. The Labute approximate surface area is 123 Å². The fraction of sp³-hybridized carbons (Fsp3) is 1.00. The Bertz CT molecular complexity index is 235. The Morgan fingerprint density at radius 1 is 1.30 bits per heavy atom. The average Bonchev–Trinajstić information content (AvgIpc) is 2.44. The van der Waals surface area contributed by atoms with Crippen LogP contribution >= 0.6 is 0 Å². The highest BCUT2D eigenvalue weighted by molar-refractivity contribution is 4.70. The van der Waals surface area contributed by atoms with E-state index in [1.165, 1.54) is 19.3 Å². The number of nitrogens with zero attached hydrogens (tertiary/aromatic N) is 1. The van der Waals surface area contributed by atoms with Gasteiger partial charge in [-0.1, -0.05) is 0 Å². The van der Waals surface area contributed by atoms with Gasteiger partial charge in [0.25, 0.3) is 0 Å². The van der Waals surface area contributed by atoms with Gasteiger partial charge in [0.15, 0.2) is 0 Å². The summed E-state index contributed by atoms with van der Waals surface area (Å²) >= 11 is 0. The van der Waals surface area contributed by atoms with Gasteiger partial charge in [0.05, 0.1) is 25.4 Å². The van der Waals surface area contributed by atoms with Crippen molar-refractivity contribution in [2.45, 2.75) is 38.4 Å². The van der Waals surface area contributed by atoms with E-state index in [-0.39, 0.29) is 6.10 Å². The molecule has 5 heteroatoms. The molecular formula is C15H32N2O3. The van der Waals surface area contributed by atoms with Gasteiger partial charge < -0.3 is 24.8 Å². The molecule has 1 aliphatic heterocycles. The van der Waals surface area contributed by atoms with Crippen LogP contribution < -0.4 is 5.32 Å². The van der Waals surface area contributed by atoms with E-state index in [1.54, 1.807) is 7.11 Å². The number of hydrogen-bond donors (Lipinski definition) is 2. The fourth-order valence-electron chi connectivity index (χ4n) is 2.64. The molecule has 1 saturated heterocycles. The zero-order chi connectivity index (χ0) is 14.8. The molecule has 0 aromatic heterocycles. The molecule has 20 heavy (non-hydrogen) atoms. The third-order valence-corrected chi connectivity index (χ3v) is 3.87. The summed E-state index contributed by atoms with van der Waals surface area (Å²) in [5, 5.41) is 13.3. The predicted octanol–water partition coefficient (Wildman–Crippen LogP) is 0.720. The van der Waals surface area contributed by atoms with Gasteiger partial charge in [-0.25, -0.2) is 0 Å². The molecule has 0 amide bonds. The van der Waals surface area contributed by atoms with Crippen LogP contribution in [0.4, 0.5) is 0 Å². The second-order valence-electron chi connectivity index (χ2n) is 6.00. The molecule has 1 aliphatic rings. The summed E-state index contributed by atoms with van der Waals surface area (Å²) in [5.74, 6) is 0.841. The standard InChI is InChI=1S/C15H32N2O3/c1-13(11-19-3)20-12-15(18)10-17(2)9-6-14-4-7-16-8-5-14/h13-16,18H,4-12H2,1-3H3. The van der Waals surface area contributed by atoms with Crippen molar-refractivity contribution in [1.82, 2.24) is 10.2 Å². The van der Waals surface area contributed by atoms with E-state index in [0.717, 1.165) is 25.6 Å². The van der Waals surface area contributed by atoms with Crippen LogP contribution in [0.3, 0.4) is 0 Å². The number of aliphatic hydroxyl groups is 1. The Morgan fingerprint density at radius 2 is 2.00 bits per heavy atom. The fourth-order valence-corrected chi connectivity index (χ4v) is 2.64. The molecule has 0 aliphatic carbocycles. The van der Waals surface area contributed by atoms with Crippen molar-refractivity contribution in [2.75, 3.05) is 53.6 Å². The van der Waals surface area contributed by atoms with Crippen molar-refractivity contribution in [1.29, 1.82) is 0 Å². The van der Waals surface area contributed by atoms with Gasteiger partial charge in [-0.15, -0.1) is 0 Å². The minimum atomic E-state index is -0.424. The summed E-state index contributed by atoms with van der Waals surface area (Å²) in [7, 11) is 3.73. The predicted molar refractivity (Wildman–Crippen MR) is 81.0 cm³/mol. The number of methoxy groups -OCH3 is 1. The topological polar surface area (TPSA) is 54.0 Å². The lowest BCUT2D eigenvalue weighted by molar-refractivity contribution is -0.0383. The lowest BCUT2D eigenvalue weighted by Crippen LogP contribution is -2.35. The van der Waals surface area contributed by atoms with E-state index >= 15 is 0 Å². The van der Waals surface area contributed by atoms with Crippen LogP contribution in [0.1, 0.15) is 26.2 Å². The van der Waals surface area contributed by atoms with Crippen LogP contribution in [0.2, 0.25) is 0 Å². The van der Waals surface area contributed by atoms with Crippen molar-refractivity contribution in [2.24, 2.45) is 5.92 Å². The molecule has 2 unspecified atom stereocenters. The number of hydrogen-bond acceptors (Lipinski definition) is 5. The number of nitrogens with one attached hydrogen (secondary N) is 1. The van der Waals surface area contributed by atoms with Crippen molar-refractivity contribution < 1.29 is 14.6 Å². The Hall–Kier alpha value is -0.200. The van der Waals surface area contributed by atoms with Gasteiger partial charge in [-0.3, -0.25) is 0 Å². The molecule has 0 aromatic rings. The molecular weight excluding hydrogens is 256 g/mol. The van der Waals surface area contributed by atoms with E-state index in [2.05, 4.69) is 17.3 Å². The second-order valence-corrected chi connectivity index (χ2v) is 6.00. The molecule has 0 spiro atoms. The number of ether oxygens (including phenoxy) is 2. The molecule has 0 saturated carbocycles. The van der Waals surface area contributed by atoms with E-state index in [1.807, 2.05) is 6.92 Å². The van der Waals surface area contributed by atoms with Crippen LogP contribution in [-0.2, 0) is 9.47 Å². The van der Waals surface area contributed by atoms with Crippen LogP contribution in [0.25, 0.3) is 0 Å². The van der Waals surface area contributed by atoms with Crippen LogP contribution in [0, 0.1) is 5.92 Å². The maximum Gasteiger partial charge on any atom is 0.0900 e. The van der Waals surface area contributed by atoms with E-state index < -0.39 is 6.10 Å². The lowest BCUT2D eigenvalue weighted by Gasteiger charge is -2.26. The van der Waals surface area contributed by atoms with Crippen molar-refractivity contribution in [3.63, 3.8) is 0 Å². The normalized spacial score (nSPS) is 20.2. The zero-order valence-corrected chi connectivity index (χ0v) is 13.3. The monoisotopic (exact) mass is 288 g/mol. The average molecular weight is 288 g/mol. The molecule has 0 bridgehead atoms. The molecule has 120 valence electrons. The van der Waals surface area contributed by atoms with Gasteiger partial charge in [-0.2, -0.15) is 0 Å². The molecule has 1 rings (SSSR count). The van der Waals surface area contributed by atoms with Crippen molar-refractivity contribution >= 4 is 0 Å². The number of piperidine rings is 1. The maximum atomic E-state index is 9.96. The minimum absolute atomic E-state index is 0.0368. The van der Waals surface area contributed by atoms with Crippen LogP contribution in [-0.4, -0.2) is 75.8 Å². The zero-order valence-electron chi connectivity index (χ0n) is 13.3. The van der Waals surface area contributed by atoms with Crippen LogP contribution in [0.15, 0.2) is 0 Å². The van der Waals surface area contributed by atoms with E-state index in [9.17, 15) is 5.11 Å². The highest BCUT2D eigenvalue weighted by atomic mass is 16.5. The smallest absolute Gasteiger partial charge is 0.0900 e. The largest absolute Gasteiger partial charge is 0.389 e. The lowest BCUT2D eigenvalue weighted by atomic mass is 9.94. The summed E-state index contributed by atoms with van der Waals surface area (Å²) < 4.78 is 10.5. The molecule has 2 N–H and O–H groups in total. The number of likely N-dealkylation sites (N-methyl/N-ethyl adjacent to an activating group) is 1. The first-order valence-electron chi connectivity index (χ1n) is 7.79. The van der Waals surface area contributed by atoms with Crippen LogP contribution in [0.5, 0.6) is 0 Å². The third-order valence-electron chi connectivity index (χ3n) is 3.87. The summed E-state index contributed by atoms with van der Waals surface area (Å²) in [6.45, 7) is 6.93. The number of aliphatic hydroxyl groups excluding tert-OH is 1. The molecule has 5 nitrogen and oxygen atoms in total. The van der Waals surface area contributed by atoms with Gasteiger partial charge in [0.1, 0.15) is 0 Å². The Morgan fingerprint density at radius 3 is 2.65 bits per heavy atom. The summed E-state index contributed by atoms with van der Waals surface area (Å²) in [4.78, 5) is 2.21. The van der Waals surface area contributed by atoms with E-state index in [0.29, 0.717) is 19.8 Å². The van der Waals surface area contributed by atoms with Gasteiger partial charge in [-0.05, 0) is 58.8 Å². The highest BCUT2D eigenvalue weighted by Crippen LogP contribution is 2.15. The van der Waals surface area contributed by atoms with Gasteiger partial charge in [0, 0.05) is 13.7 Å². The first-order valence-corrected chi connectivity index (χ1v) is 7.79. The molecule has 0 aromatic carbocycles. The third kappa shape index (κ3) is 8.17. The van der Waals surface area contributed by atoms with Gasteiger partial charge >= 0.3 is 0 Å². The highest BCUT2D eigenvalue weighted by Gasteiger charge is 2.15. The van der Waals surface area contributed by atoms with Crippen molar-refractivity contribution in [3.8, 4) is 0 Å². The number of rotatable bonds is 10. The molecule has 1 fully saturated rings. The quantitative estimate of drug-likeness (QED) is 0.620. The Kier molecular flexibility index (Phi) is 9.39. The molecule has 2 atom stereocenters. The second kappa shape index (κ2) is 10.5. The summed E-state index contributed by atoms with van der Waals surface area (Å²) in [6.07, 6.45) is 3.41. The SMILES string of the molecule is COCC(C)OCC(O)CN(C)CCC1CCNCC1. The van der Waals surface area contributed by atoms with E-state index in [4.69, 9.17) is 9.47 Å². The maximum absolute atomic E-state index is 9.96. The summed E-state index contributed by atoms with van der Waals surface area (Å²) in [6, 6.07) is 0. The minimum Gasteiger partial charge on any atom is -0.389 e. The first-order chi connectivity index (χ1) is 9.61.